The Balaban J connectivity index is 1.55. The van der Waals surface area contributed by atoms with Gasteiger partial charge < -0.3 is 10.1 Å². The smallest absolute Gasteiger partial charge is 0.337 e. The number of rotatable bonds is 5. The summed E-state index contributed by atoms with van der Waals surface area (Å²) in [5.74, 6) is -0.628. The molecule has 0 aliphatic carbocycles. The van der Waals surface area contributed by atoms with Crippen molar-refractivity contribution < 1.29 is 14.3 Å². The van der Waals surface area contributed by atoms with Crippen molar-refractivity contribution in [3.8, 4) is 0 Å². The second kappa shape index (κ2) is 9.41. The maximum absolute atomic E-state index is 12.7. The van der Waals surface area contributed by atoms with E-state index in [9.17, 15) is 9.59 Å². The average molecular weight is 421 g/mol. The van der Waals surface area contributed by atoms with E-state index in [2.05, 4.69) is 10.2 Å². The van der Waals surface area contributed by atoms with Gasteiger partial charge in [0.05, 0.1) is 23.4 Å². The molecule has 1 aliphatic heterocycles. The maximum Gasteiger partial charge on any atom is 0.337 e. The molecule has 0 bridgehead atoms. The number of carbonyl (C=O) groups is 2. The lowest BCUT2D eigenvalue weighted by molar-refractivity contribution is -0.121. The zero-order valence-electron chi connectivity index (χ0n) is 15.6. The Hall–Kier alpha value is -2.08. The molecule has 5 nitrogen and oxygen atoms in total. The van der Waals surface area contributed by atoms with Gasteiger partial charge in [0.2, 0.25) is 5.91 Å². The van der Waals surface area contributed by atoms with Crippen LogP contribution in [0.2, 0.25) is 10.0 Å². The van der Waals surface area contributed by atoms with E-state index in [4.69, 9.17) is 27.9 Å². The Labute approximate surface area is 174 Å². The van der Waals surface area contributed by atoms with Crippen LogP contribution < -0.4 is 5.32 Å². The number of carbonyl (C=O) groups excluding carboxylic acids is 2. The van der Waals surface area contributed by atoms with Crippen molar-refractivity contribution in [2.45, 2.75) is 19.4 Å². The molecule has 1 N–H and O–H groups in total. The van der Waals surface area contributed by atoms with Gasteiger partial charge in [-0.1, -0.05) is 35.3 Å². The predicted molar refractivity (Wildman–Crippen MR) is 111 cm³/mol. The summed E-state index contributed by atoms with van der Waals surface area (Å²) in [5.41, 5.74) is 1.98. The molecule has 1 fully saturated rings. The molecule has 2 aromatic rings. The number of halogens is 2. The highest BCUT2D eigenvalue weighted by molar-refractivity contribution is 6.34. The van der Waals surface area contributed by atoms with Crippen molar-refractivity contribution in [1.29, 1.82) is 0 Å². The number of piperidine rings is 1. The monoisotopic (exact) mass is 420 g/mol. The van der Waals surface area contributed by atoms with Crippen LogP contribution in [0.1, 0.15) is 28.8 Å². The quantitative estimate of drug-likeness (QED) is 0.716. The fourth-order valence-corrected chi connectivity index (χ4v) is 3.59. The Bertz CT molecular complexity index is 847. The number of hydrogen-bond donors (Lipinski definition) is 1. The molecule has 0 unspecified atom stereocenters. The summed E-state index contributed by atoms with van der Waals surface area (Å²) < 4.78 is 4.71. The van der Waals surface area contributed by atoms with E-state index in [0.29, 0.717) is 16.3 Å². The van der Waals surface area contributed by atoms with Crippen molar-refractivity contribution in [2.24, 2.45) is 5.92 Å². The van der Waals surface area contributed by atoms with E-state index in [0.717, 1.165) is 37.5 Å². The largest absolute Gasteiger partial charge is 0.465 e. The van der Waals surface area contributed by atoms with Gasteiger partial charge >= 0.3 is 5.97 Å². The SMILES string of the molecule is COC(=O)c1ccc(Cl)c(NC(=O)C2CCN(Cc3ccc(Cl)cc3)CC2)c1. The van der Waals surface area contributed by atoms with E-state index in [-0.39, 0.29) is 11.8 Å². The van der Waals surface area contributed by atoms with Gasteiger partial charge in [-0.2, -0.15) is 0 Å². The van der Waals surface area contributed by atoms with Crippen molar-refractivity contribution in [1.82, 2.24) is 4.90 Å². The van der Waals surface area contributed by atoms with Crippen LogP contribution in [0, 0.1) is 5.92 Å². The highest BCUT2D eigenvalue weighted by atomic mass is 35.5. The topological polar surface area (TPSA) is 58.6 Å². The highest BCUT2D eigenvalue weighted by Crippen LogP contribution is 2.26. The van der Waals surface area contributed by atoms with Crippen LogP contribution in [0.4, 0.5) is 5.69 Å². The van der Waals surface area contributed by atoms with Gasteiger partial charge in [-0.05, 0) is 61.8 Å². The first-order valence-corrected chi connectivity index (χ1v) is 9.87. The molecule has 0 saturated carbocycles. The molecule has 148 valence electrons. The van der Waals surface area contributed by atoms with Crippen LogP contribution >= 0.6 is 23.2 Å². The van der Waals surface area contributed by atoms with Gasteiger partial charge in [-0.15, -0.1) is 0 Å². The number of benzene rings is 2. The lowest BCUT2D eigenvalue weighted by Gasteiger charge is -2.31. The Kier molecular flexibility index (Phi) is 6.94. The van der Waals surface area contributed by atoms with Gasteiger partial charge in [0.25, 0.3) is 0 Å². The molecule has 0 radical (unpaired) electrons. The molecule has 0 aromatic heterocycles. The number of nitrogens with one attached hydrogen (secondary N) is 1. The molecule has 7 heteroatoms. The summed E-state index contributed by atoms with van der Waals surface area (Å²) in [4.78, 5) is 26.7. The van der Waals surface area contributed by atoms with Crippen LogP contribution in [0.25, 0.3) is 0 Å². The summed E-state index contributed by atoms with van der Waals surface area (Å²) in [7, 11) is 1.31. The number of esters is 1. The summed E-state index contributed by atoms with van der Waals surface area (Å²) in [6, 6.07) is 12.5. The second-order valence-electron chi connectivity index (χ2n) is 6.85. The van der Waals surface area contributed by atoms with Crippen molar-refractivity contribution >= 4 is 40.8 Å². The fourth-order valence-electron chi connectivity index (χ4n) is 3.30. The van der Waals surface area contributed by atoms with E-state index in [1.165, 1.54) is 12.7 Å². The van der Waals surface area contributed by atoms with Crippen LogP contribution in [0.3, 0.4) is 0 Å². The first kappa shape index (κ1) is 20.6. The molecule has 28 heavy (non-hydrogen) atoms. The predicted octanol–water partition coefficient (Wildman–Crippen LogP) is 4.63. The third kappa shape index (κ3) is 5.25. The zero-order valence-corrected chi connectivity index (χ0v) is 17.1. The molecular weight excluding hydrogens is 399 g/mol. The van der Waals surface area contributed by atoms with Crippen LogP contribution in [0.15, 0.2) is 42.5 Å². The standard InChI is InChI=1S/C21H22Cl2N2O3/c1-28-21(27)16-4-7-18(23)19(12-16)24-20(26)15-8-10-25(11-9-15)13-14-2-5-17(22)6-3-14/h2-7,12,15H,8-11,13H2,1H3,(H,24,26). The van der Waals surface area contributed by atoms with Crippen LogP contribution in [-0.4, -0.2) is 37.0 Å². The maximum atomic E-state index is 12.7. The normalized spacial score (nSPS) is 15.2. The number of hydrogen-bond acceptors (Lipinski definition) is 4. The van der Waals surface area contributed by atoms with E-state index >= 15 is 0 Å². The number of likely N-dealkylation sites (tertiary alicyclic amines) is 1. The minimum absolute atomic E-state index is 0.0740. The summed E-state index contributed by atoms with van der Waals surface area (Å²) in [6.07, 6.45) is 1.54. The lowest BCUT2D eigenvalue weighted by Crippen LogP contribution is -2.37. The Morgan fingerprint density at radius 2 is 1.79 bits per heavy atom. The summed E-state index contributed by atoms with van der Waals surface area (Å²) in [6.45, 7) is 2.53. The van der Waals surface area contributed by atoms with Crippen molar-refractivity contribution in [3.05, 3.63) is 63.6 Å². The van der Waals surface area contributed by atoms with E-state index in [1.54, 1.807) is 18.2 Å². The number of methoxy groups -OCH3 is 1. The highest BCUT2D eigenvalue weighted by Gasteiger charge is 2.25. The van der Waals surface area contributed by atoms with E-state index in [1.807, 2.05) is 24.3 Å². The summed E-state index contributed by atoms with van der Waals surface area (Å²) >= 11 is 12.1. The fraction of sp³-hybridized carbons (Fsp3) is 0.333. The Morgan fingerprint density at radius 1 is 1.11 bits per heavy atom. The van der Waals surface area contributed by atoms with Gasteiger partial charge in [-0.3, -0.25) is 9.69 Å². The van der Waals surface area contributed by atoms with Crippen molar-refractivity contribution in [2.75, 3.05) is 25.5 Å². The third-order valence-electron chi connectivity index (χ3n) is 4.92. The average Bonchev–Trinajstić information content (AvgIpc) is 2.71. The molecule has 1 aliphatic rings. The summed E-state index contributed by atoms with van der Waals surface area (Å²) in [5, 5.41) is 3.98. The molecular formula is C21H22Cl2N2O3. The van der Waals surface area contributed by atoms with Gasteiger partial charge in [0.1, 0.15) is 0 Å². The van der Waals surface area contributed by atoms with Crippen LogP contribution in [0.5, 0.6) is 0 Å². The first-order valence-electron chi connectivity index (χ1n) is 9.12. The van der Waals surface area contributed by atoms with Gasteiger partial charge in [0.15, 0.2) is 0 Å². The zero-order chi connectivity index (χ0) is 20.1. The lowest BCUT2D eigenvalue weighted by atomic mass is 9.95. The molecule has 1 amide bonds. The number of amides is 1. The second-order valence-corrected chi connectivity index (χ2v) is 7.70. The number of anilines is 1. The first-order chi connectivity index (χ1) is 13.5. The molecule has 1 heterocycles. The minimum atomic E-state index is -0.470. The van der Waals surface area contributed by atoms with Crippen molar-refractivity contribution in [3.63, 3.8) is 0 Å². The molecule has 3 rings (SSSR count). The molecule has 1 saturated heterocycles. The Morgan fingerprint density at radius 3 is 2.43 bits per heavy atom. The molecule has 0 spiro atoms. The van der Waals surface area contributed by atoms with Gasteiger partial charge in [-0.25, -0.2) is 4.79 Å². The van der Waals surface area contributed by atoms with Crippen LogP contribution in [-0.2, 0) is 16.1 Å². The molecule has 0 atom stereocenters. The minimum Gasteiger partial charge on any atom is -0.465 e. The molecule has 2 aromatic carbocycles. The number of ether oxygens (including phenoxy) is 1. The van der Waals surface area contributed by atoms with Gasteiger partial charge in [0, 0.05) is 17.5 Å². The third-order valence-corrected chi connectivity index (χ3v) is 5.50. The van der Waals surface area contributed by atoms with E-state index < -0.39 is 5.97 Å². The number of nitrogens with zero attached hydrogens (tertiary/aromatic N) is 1.